The van der Waals surface area contributed by atoms with Gasteiger partial charge in [-0.2, -0.15) is 5.10 Å². The second-order valence-electron chi connectivity index (χ2n) is 5.96. The third-order valence-electron chi connectivity index (χ3n) is 3.75. The number of hydrogen-bond acceptors (Lipinski definition) is 3. The van der Waals surface area contributed by atoms with Gasteiger partial charge in [0.25, 0.3) is 5.91 Å². The molecule has 0 spiro atoms. The zero-order valence-corrected chi connectivity index (χ0v) is 14.1. The summed E-state index contributed by atoms with van der Waals surface area (Å²) in [6.07, 6.45) is 3.30. The molecule has 1 aromatic heterocycles. The highest BCUT2D eigenvalue weighted by Crippen LogP contribution is 2.15. The van der Waals surface area contributed by atoms with E-state index in [9.17, 15) is 9.18 Å². The summed E-state index contributed by atoms with van der Waals surface area (Å²) in [6.45, 7) is 0.434. The van der Waals surface area contributed by atoms with E-state index in [0.717, 1.165) is 11.3 Å². The van der Waals surface area contributed by atoms with Crippen LogP contribution in [0.1, 0.15) is 15.9 Å². The molecule has 0 saturated carbocycles. The zero-order valence-electron chi connectivity index (χ0n) is 14.1. The fraction of sp³-hybridized carbons (Fsp3) is 0.158. The molecule has 0 saturated heterocycles. The minimum absolute atomic E-state index is 0.200. The van der Waals surface area contributed by atoms with Crippen molar-refractivity contribution in [3.05, 3.63) is 77.9 Å². The standard InChI is InChI=1S/C19H19FN4O/c1-23(2)18-8-4-6-15(10-18)19(25)22-17-11-21-24(13-17)12-14-5-3-7-16(20)9-14/h3-11,13H,12H2,1-2H3,(H,22,25). The lowest BCUT2D eigenvalue weighted by molar-refractivity contribution is 0.102. The number of benzene rings is 2. The quantitative estimate of drug-likeness (QED) is 0.776. The zero-order chi connectivity index (χ0) is 17.8. The summed E-state index contributed by atoms with van der Waals surface area (Å²) >= 11 is 0. The monoisotopic (exact) mass is 338 g/mol. The molecule has 1 heterocycles. The second-order valence-corrected chi connectivity index (χ2v) is 5.96. The Morgan fingerprint density at radius 2 is 2.00 bits per heavy atom. The Bertz CT molecular complexity index is 888. The fourth-order valence-electron chi connectivity index (χ4n) is 2.47. The lowest BCUT2D eigenvalue weighted by atomic mass is 10.2. The number of anilines is 2. The smallest absolute Gasteiger partial charge is 0.255 e. The third-order valence-corrected chi connectivity index (χ3v) is 3.75. The molecule has 1 N–H and O–H groups in total. The molecule has 0 aliphatic rings. The van der Waals surface area contributed by atoms with E-state index in [1.807, 2.05) is 43.3 Å². The van der Waals surface area contributed by atoms with Gasteiger partial charge in [0.15, 0.2) is 0 Å². The number of aromatic nitrogens is 2. The van der Waals surface area contributed by atoms with Crippen LogP contribution in [0.4, 0.5) is 15.8 Å². The number of nitrogens with one attached hydrogen (secondary N) is 1. The van der Waals surface area contributed by atoms with Crippen LogP contribution in [0.5, 0.6) is 0 Å². The molecule has 0 radical (unpaired) electrons. The van der Waals surface area contributed by atoms with Crippen molar-refractivity contribution in [1.82, 2.24) is 9.78 Å². The van der Waals surface area contributed by atoms with Gasteiger partial charge >= 0.3 is 0 Å². The normalized spacial score (nSPS) is 10.5. The van der Waals surface area contributed by atoms with Gasteiger partial charge in [0, 0.05) is 31.5 Å². The lowest BCUT2D eigenvalue weighted by Gasteiger charge is -2.13. The predicted octanol–water partition coefficient (Wildman–Crippen LogP) is 3.39. The number of hydrogen-bond donors (Lipinski definition) is 1. The van der Waals surface area contributed by atoms with Crippen LogP contribution in [0.15, 0.2) is 60.9 Å². The maximum absolute atomic E-state index is 13.2. The average Bonchev–Trinajstić information content (AvgIpc) is 3.02. The molecule has 128 valence electrons. The number of rotatable bonds is 5. The molecule has 0 fully saturated rings. The molecule has 0 aliphatic heterocycles. The molecule has 0 atom stereocenters. The average molecular weight is 338 g/mol. The van der Waals surface area contributed by atoms with Crippen molar-refractivity contribution >= 4 is 17.3 Å². The minimum Gasteiger partial charge on any atom is -0.378 e. The molecule has 2 aromatic carbocycles. The van der Waals surface area contributed by atoms with Crippen LogP contribution < -0.4 is 10.2 Å². The molecule has 5 nitrogen and oxygen atoms in total. The maximum atomic E-state index is 13.2. The molecule has 0 unspecified atom stereocenters. The molecule has 3 aromatic rings. The molecule has 25 heavy (non-hydrogen) atoms. The van der Waals surface area contributed by atoms with Crippen molar-refractivity contribution < 1.29 is 9.18 Å². The summed E-state index contributed by atoms with van der Waals surface area (Å²) in [5, 5.41) is 7.03. The first-order valence-corrected chi connectivity index (χ1v) is 7.87. The molecular weight excluding hydrogens is 319 g/mol. The van der Waals surface area contributed by atoms with Gasteiger partial charge < -0.3 is 10.2 Å². The van der Waals surface area contributed by atoms with Crippen LogP contribution >= 0.6 is 0 Å². The largest absolute Gasteiger partial charge is 0.378 e. The van der Waals surface area contributed by atoms with E-state index >= 15 is 0 Å². The van der Waals surface area contributed by atoms with E-state index in [2.05, 4.69) is 10.4 Å². The molecular formula is C19H19FN4O. The Labute approximate surface area is 145 Å². The van der Waals surface area contributed by atoms with Crippen LogP contribution in [0, 0.1) is 5.82 Å². The van der Waals surface area contributed by atoms with Crippen LogP contribution in [-0.4, -0.2) is 29.8 Å². The van der Waals surface area contributed by atoms with Gasteiger partial charge in [-0.15, -0.1) is 0 Å². The highest BCUT2D eigenvalue weighted by molar-refractivity contribution is 6.04. The molecule has 6 heteroatoms. The summed E-state index contributed by atoms with van der Waals surface area (Å²) in [6, 6.07) is 13.7. The summed E-state index contributed by atoms with van der Waals surface area (Å²) < 4.78 is 14.9. The van der Waals surface area contributed by atoms with Crippen molar-refractivity contribution in [2.45, 2.75) is 6.54 Å². The van der Waals surface area contributed by atoms with Crippen molar-refractivity contribution in [2.75, 3.05) is 24.3 Å². The first kappa shape index (κ1) is 16.7. The lowest BCUT2D eigenvalue weighted by Crippen LogP contribution is -2.14. The minimum atomic E-state index is -0.279. The Hall–Kier alpha value is -3.15. The highest BCUT2D eigenvalue weighted by atomic mass is 19.1. The highest BCUT2D eigenvalue weighted by Gasteiger charge is 2.09. The van der Waals surface area contributed by atoms with E-state index in [1.54, 1.807) is 29.2 Å². The Kier molecular flexibility index (Phi) is 4.79. The van der Waals surface area contributed by atoms with Crippen molar-refractivity contribution in [3.63, 3.8) is 0 Å². The van der Waals surface area contributed by atoms with Crippen molar-refractivity contribution in [1.29, 1.82) is 0 Å². The first-order valence-electron chi connectivity index (χ1n) is 7.87. The fourth-order valence-corrected chi connectivity index (χ4v) is 2.47. The van der Waals surface area contributed by atoms with Gasteiger partial charge in [0.2, 0.25) is 0 Å². The van der Waals surface area contributed by atoms with E-state index in [1.165, 1.54) is 12.1 Å². The van der Waals surface area contributed by atoms with Crippen molar-refractivity contribution in [3.8, 4) is 0 Å². The Morgan fingerprint density at radius 3 is 2.76 bits per heavy atom. The van der Waals surface area contributed by atoms with Crippen LogP contribution in [0.25, 0.3) is 0 Å². The van der Waals surface area contributed by atoms with Crippen LogP contribution in [-0.2, 0) is 6.54 Å². The van der Waals surface area contributed by atoms with Gasteiger partial charge in [-0.25, -0.2) is 4.39 Å². The molecule has 3 rings (SSSR count). The van der Waals surface area contributed by atoms with E-state index in [4.69, 9.17) is 0 Å². The van der Waals surface area contributed by atoms with Gasteiger partial charge in [-0.1, -0.05) is 18.2 Å². The Balaban J connectivity index is 1.68. The topological polar surface area (TPSA) is 50.2 Å². The number of carbonyl (C=O) groups excluding carboxylic acids is 1. The first-order chi connectivity index (χ1) is 12.0. The van der Waals surface area contributed by atoms with Crippen LogP contribution in [0.3, 0.4) is 0 Å². The number of nitrogens with zero attached hydrogens (tertiary/aromatic N) is 3. The summed E-state index contributed by atoms with van der Waals surface area (Å²) in [7, 11) is 3.85. The summed E-state index contributed by atoms with van der Waals surface area (Å²) in [4.78, 5) is 14.3. The SMILES string of the molecule is CN(C)c1cccc(C(=O)Nc2cnn(Cc3cccc(F)c3)c2)c1. The van der Waals surface area contributed by atoms with E-state index in [-0.39, 0.29) is 11.7 Å². The van der Waals surface area contributed by atoms with Crippen molar-refractivity contribution in [2.24, 2.45) is 0 Å². The number of carbonyl (C=O) groups is 1. The van der Waals surface area contributed by atoms with Crippen LogP contribution in [0.2, 0.25) is 0 Å². The maximum Gasteiger partial charge on any atom is 0.255 e. The second kappa shape index (κ2) is 7.17. The molecule has 1 amide bonds. The molecule has 0 bridgehead atoms. The number of amides is 1. The Morgan fingerprint density at radius 1 is 1.20 bits per heavy atom. The molecule has 0 aliphatic carbocycles. The van der Waals surface area contributed by atoms with E-state index in [0.29, 0.717) is 17.8 Å². The number of halogens is 1. The third kappa shape index (κ3) is 4.23. The van der Waals surface area contributed by atoms with E-state index < -0.39 is 0 Å². The van der Waals surface area contributed by atoms with Gasteiger partial charge in [-0.3, -0.25) is 9.48 Å². The van der Waals surface area contributed by atoms with Gasteiger partial charge in [0.05, 0.1) is 18.4 Å². The van der Waals surface area contributed by atoms with Gasteiger partial charge in [0.1, 0.15) is 5.82 Å². The summed E-state index contributed by atoms with van der Waals surface area (Å²) in [5.74, 6) is -0.479. The predicted molar refractivity (Wildman–Crippen MR) is 96.5 cm³/mol. The summed E-state index contributed by atoms with van der Waals surface area (Å²) in [5.41, 5.74) is 2.93. The van der Waals surface area contributed by atoms with Gasteiger partial charge in [-0.05, 0) is 35.9 Å².